The van der Waals surface area contributed by atoms with Gasteiger partial charge in [-0.3, -0.25) is 19.0 Å². The minimum absolute atomic E-state index is 0.0395. The molecule has 0 bridgehead atoms. The largest absolute Gasteiger partial charge is 0.497 e. The highest BCUT2D eigenvalue weighted by atomic mass is 32.2. The van der Waals surface area contributed by atoms with Gasteiger partial charge in [0.1, 0.15) is 11.5 Å². The van der Waals surface area contributed by atoms with Crippen LogP contribution >= 0.6 is 11.8 Å². The summed E-state index contributed by atoms with van der Waals surface area (Å²) in [6.07, 6.45) is 4.78. The molecule has 10 heteroatoms. The summed E-state index contributed by atoms with van der Waals surface area (Å²) in [5.74, 6) is 1.51. The third kappa shape index (κ3) is 6.74. The molecule has 2 heterocycles. The van der Waals surface area contributed by atoms with Gasteiger partial charge in [-0.2, -0.15) is 0 Å². The molecular formula is C30H32N4O5S. The number of hydrogen-bond acceptors (Lipinski definition) is 7. The summed E-state index contributed by atoms with van der Waals surface area (Å²) in [6.45, 7) is 0.882. The number of thioether (sulfide) groups is 1. The third-order valence-corrected chi connectivity index (χ3v) is 8.16. The van der Waals surface area contributed by atoms with Gasteiger partial charge in [-0.15, -0.1) is 0 Å². The summed E-state index contributed by atoms with van der Waals surface area (Å²) < 4.78 is 12.2. The summed E-state index contributed by atoms with van der Waals surface area (Å²) in [4.78, 5) is 43.7. The molecule has 9 nitrogen and oxygen atoms in total. The molecule has 0 spiro atoms. The standard InChI is InChI=1S/C30H32N4O5S/c1-38-23-7-4-6-22(16-23)32-27(35)19-40-30-33-26-10-3-2-9-25(26)29(37)34(30)18-20-11-13-21(14-12-20)28(36)31-17-24-8-5-15-39-24/h2-10,15-16,20-21H,11-14,17-19H2,1H3,(H,31,36)(H,32,35). The summed E-state index contributed by atoms with van der Waals surface area (Å²) in [5.41, 5.74) is 1.13. The highest BCUT2D eigenvalue weighted by molar-refractivity contribution is 7.99. The van der Waals surface area contributed by atoms with Crippen LogP contribution in [-0.2, 0) is 22.7 Å². The van der Waals surface area contributed by atoms with E-state index in [2.05, 4.69) is 10.6 Å². The molecule has 1 saturated carbocycles. The predicted octanol–water partition coefficient (Wildman–Crippen LogP) is 4.85. The van der Waals surface area contributed by atoms with E-state index in [4.69, 9.17) is 14.1 Å². The second kappa shape index (κ2) is 12.9. The lowest BCUT2D eigenvalue weighted by molar-refractivity contribution is -0.126. The van der Waals surface area contributed by atoms with Crippen molar-refractivity contribution in [3.8, 4) is 5.75 Å². The van der Waals surface area contributed by atoms with Gasteiger partial charge in [0.15, 0.2) is 5.16 Å². The van der Waals surface area contributed by atoms with Gasteiger partial charge in [-0.05, 0) is 68.0 Å². The lowest BCUT2D eigenvalue weighted by Gasteiger charge is -2.28. The van der Waals surface area contributed by atoms with Gasteiger partial charge < -0.3 is 19.8 Å². The van der Waals surface area contributed by atoms with Crippen molar-refractivity contribution in [3.05, 3.63) is 83.0 Å². The van der Waals surface area contributed by atoms with Crippen molar-refractivity contribution < 1.29 is 18.7 Å². The first-order valence-corrected chi connectivity index (χ1v) is 14.3. The van der Waals surface area contributed by atoms with Crippen molar-refractivity contribution in [1.82, 2.24) is 14.9 Å². The number of carbonyl (C=O) groups is 2. The highest BCUT2D eigenvalue weighted by Gasteiger charge is 2.27. The van der Waals surface area contributed by atoms with Crippen LogP contribution in [0.4, 0.5) is 5.69 Å². The van der Waals surface area contributed by atoms with E-state index < -0.39 is 0 Å². The SMILES string of the molecule is COc1cccc(NC(=O)CSc2nc3ccccc3c(=O)n2CC2CCC(C(=O)NCc3ccco3)CC2)c1. The molecule has 0 radical (unpaired) electrons. The average molecular weight is 561 g/mol. The molecule has 5 rings (SSSR count). The number of anilines is 1. The van der Waals surface area contributed by atoms with Crippen molar-refractivity contribution in [2.45, 2.75) is 43.9 Å². The number of nitrogens with one attached hydrogen (secondary N) is 2. The molecule has 1 fully saturated rings. The number of fused-ring (bicyclic) bond motifs is 1. The quantitative estimate of drug-likeness (QED) is 0.210. The van der Waals surface area contributed by atoms with Gasteiger partial charge in [-0.25, -0.2) is 4.98 Å². The van der Waals surface area contributed by atoms with Crippen LogP contribution in [0.25, 0.3) is 10.9 Å². The summed E-state index contributed by atoms with van der Waals surface area (Å²) in [7, 11) is 1.57. The normalized spacial score (nSPS) is 16.9. The Kier molecular flexibility index (Phi) is 8.85. The number of amides is 2. The Hall–Kier alpha value is -4.05. The Morgan fingerprint density at radius 1 is 1.07 bits per heavy atom. The third-order valence-electron chi connectivity index (χ3n) is 7.19. The fourth-order valence-electron chi connectivity index (χ4n) is 5.04. The van der Waals surface area contributed by atoms with Crippen LogP contribution in [0.15, 0.2) is 81.3 Å². The second-order valence-corrected chi connectivity index (χ2v) is 10.9. The first-order valence-electron chi connectivity index (χ1n) is 13.4. The molecule has 2 aromatic carbocycles. The van der Waals surface area contributed by atoms with E-state index in [1.807, 2.05) is 36.4 Å². The Balaban J connectivity index is 1.24. The van der Waals surface area contributed by atoms with Gasteiger partial charge in [0.25, 0.3) is 5.56 Å². The van der Waals surface area contributed by atoms with E-state index in [0.717, 1.165) is 31.4 Å². The lowest BCUT2D eigenvalue weighted by atomic mass is 9.81. The maximum atomic E-state index is 13.5. The predicted molar refractivity (Wildman–Crippen MR) is 154 cm³/mol. The van der Waals surface area contributed by atoms with E-state index in [9.17, 15) is 14.4 Å². The number of ether oxygens (including phenoxy) is 1. The zero-order chi connectivity index (χ0) is 27.9. The van der Waals surface area contributed by atoms with E-state index in [1.54, 1.807) is 42.2 Å². The number of nitrogens with zero attached hydrogens (tertiary/aromatic N) is 2. The minimum atomic E-state index is -0.201. The van der Waals surface area contributed by atoms with Gasteiger partial charge >= 0.3 is 0 Å². The Morgan fingerprint density at radius 3 is 2.67 bits per heavy atom. The van der Waals surface area contributed by atoms with Crippen molar-refractivity contribution in [3.63, 3.8) is 0 Å². The number of furan rings is 1. The number of hydrogen-bond donors (Lipinski definition) is 2. The number of benzene rings is 2. The number of rotatable bonds is 10. The van der Waals surface area contributed by atoms with Crippen LogP contribution in [0.1, 0.15) is 31.4 Å². The van der Waals surface area contributed by atoms with Crippen LogP contribution in [0, 0.1) is 11.8 Å². The zero-order valence-corrected chi connectivity index (χ0v) is 23.1. The minimum Gasteiger partial charge on any atom is -0.497 e. The fourth-order valence-corrected chi connectivity index (χ4v) is 5.85. The molecule has 2 amide bonds. The molecule has 4 aromatic rings. The molecule has 0 atom stereocenters. The fraction of sp³-hybridized carbons (Fsp3) is 0.333. The second-order valence-electron chi connectivity index (χ2n) is 9.91. The van der Waals surface area contributed by atoms with Gasteiger partial charge in [0.05, 0.1) is 36.6 Å². The van der Waals surface area contributed by atoms with Gasteiger partial charge in [0.2, 0.25) is 11.8 Å². The molecule has 2 aromatic heterocycles. The Bertz CT molecular complexity index is 1530. The molecule has 0 saturated heterocycles. The first-order chi connectivity index (χ1) is 19.5. The maximum absolute atomic E-state index is 13.5. The van der Waals surface area contributed by atoms with Crippen molar-refractivity contribution in [2.75, 3.05) is 18.2 Å². The average Bonchev–Trinajstić information content (AvgIpc) is 3.51. The maximum Gasteiger partial charge on any atom is 0.262 e. The smallest absolute Gasteiger partial charge is 0.262 e. The number of methoxy groups -OCH3 is 1. The van der Waals surface area contributed by atoms with E-state index >= 15 is 0 Å². The van der Waals surface area contributed by atoms with Crippen LogP contribution < -0.4 is 20.9 Å². The molecule has 40 heavy (non-hydrogen) atoms. The van der Waals surface area contributed by atoms with E-state index in [1.165, 1.54) is 11.8 Å². The van der Waals surface area contributed by atoms with Crippen molar-refractivity contribution in [1.29, 1.82) is 0 Å². The van der Waals surface area contributed by atoms with Gasteiger partial charge in [0, 0.05) is 24.2 Å². The van der Waals surface area contributed by atoms with Gasteiger partial charge in [-0.1, -0.05) is 30.0 Å². The van der Waals surface area contributed by atoms with E-state index in [0.29, 0.717) is 40.6 Å². The molecule has 1 aliphatic carbocycles. The van der Waals surface area contributed by atoms with Crippen molar-refractivity contribution in [2.24, 2.45) is 11.8 Å². The zero-order valence-electron chi connectivity index (χ0n) is 22.3. The van der Waals surface area contributed by atoms with Crippen LogP contribution in [0.3, 0.4) is 0 Å². The number of para-hydroxylation sites is 1. The number of aromatic nitrogens is 2. The molecule has 2 N–H and O–H groups in total. The molecule has 1 aliphatic rings. The number of carbonyl (C=O) groups excluding carboxylic acids is 2. The molecule has 0 aliphatic heterocycles. The van der Waals surface area contributed by atoms with Crippen LogP contribution in [-0.4, -0.2) is 34.2 Å². The van der Waals surface area contributed by atoms with Crippen LogP contribution in [0.5, 0.6) is 5.75 Å². The first kappa shape index (κ1) is 27.5. The molecule has 208 valence electrons. The Morgan fingerprint density at radius 2 is 1.90 bits per heavy atom. The Labute approximate surface area is 236 Å². The molecule has 0 unspecified atom stereocenters. The highest BCUT2D eigenvalue weighted by Crippen LogP contribution is 2.31. The van der Waals surface area contributed by atoms with Crippen molar-refractivity contribution >= 4 is 40.2 Å². The van der Waals surface area contributed by atoms with Crippen LogP contribution in [0.2, 0.25) is 0 Å². The summed E-state index contributed by atoms with van der Waals surface area (Å²) >= 11 is 1.25. The topological polar surface area (TPSA) is 115 Å². The summed E-state index contributed by atoms with van der Waals surface area (Å²) in [6, 6.07) is 18.1. The van der Waals surface area contributed by atoms with E-state index in [-0.39, 0.29) is 35.0 Å². The summed E-state index contributed by atoms with van der Waals surface area (Å²) in [5, 5.41) is 6.91. The monoisotopic (exact) mass is 560 g/mol. The molecular weight excluding hydrogens is 528 g/mol. The lowest BCUT2D eigenvalue weighted by Crippen LogP contribution is -2.34.